The predicted molar refractivity (Wildman–Crippen MR) is 79.8 cm³/mol. The summed E-state index contributed by atoms with van der Waals surface area (Å²) in [5.74, 6) is 0. The third-order valence-corrected chi connectivity index (χ3v) is 5.40. The molecule has 108 valence electrons. The Morgan fingerprint density at radius 1 is 1.40 bits per heavy atom. The standard InChI is InChI=1S/C13H17N3O2S2/c1-2-11(13-15-7-8-19-13)16-20(17,18)12-6-4-3-5-10(12)9-14/h3-8,11,16H,2,9,14H2,1H3. The second-order valence-electron chi connectivity index (χ2n) is 4.26. The zero-order valence-electron chi connectivity index (χ0n) is 11.1. The van der Waals surface area contributed by atoms with Crippen LogP contribution in [0.3, 0.4) is 0 Å². The van der Waals surface area contributed by atoms with Gasteiger partial charge in [-0.05, 0) is 18.1 Å². The molecule has 2 rings (SSSR count). The number of hydrogen-bond donors (Lipinski definition) is 2. The molecule has 0 aliphatic rings. The number of thiazole rings is 1. The van der Waals surface area contributed by atoms with Gasteiger partial charge in [0.25, 0.3) is 0 Å². The van der Waals surface area contributed by atoms with Crippen LogP contribution in [-0.2, 0) is 16.6 Å². The van der Waals surface area contributed by atoms with Crippen LogP contribution in [0.15, 0.2) is 40.7 Å². The molecule has 1 unspecified atom stereocenters. The van der Waals surface area contributed by atoms with Crippen LogP contribution < -0.4 is 10.5 Å². The average molecular weight is 311 g/mol. The Bertz CT molecular complexity index is 654. The quantitative estimate of drug-likeness (QED) is 0.855. The Labute approximate surface area is 122 Å². The molecule has 1 heterocycles. The van der Waals surface area contributed by atoms with Crippen molar-refractivity contribution in [2.75, 3.05) is 0 Å². The van der Waals surface area contributed by atoms with Gasteiger partial charge in [-0.25, -0.2) is 18.1 Å². The summed E-state index contributed by atoms with van der Waals surface area (Å²) in [6.07, 6.45) is 2.31. The van der Waals surface area contributed by atoms with Crippen molar-refractivity contribution in [3.63, 3.8) is 0 Å². The zero-order valence-corrected chi connectivity index (χ0v) is 12.7. The lowest BCUT2D eigenvalue weighted by Gasteiger charge is -2.16. The van der Waals surface area contributed by atoms with Gasteiger partial charge in [0.15, 0.2) is 0 Å². The first kappa shape index (κ1) is 15.1. The number of nitrogens with zero attached hydrogens (tertiary/aromatic N) is 1. The SMILES string of the molecule is CCC(NS(=O)(=O)c1ccccc1CN)c1nccs1. The van der Waals surface area contributed by atoms with Crippen molar-refractivity contribution in [1.29, 1.82) is 0 Å². The van der Waals surface area contributed by atoms with E-state index < -0.39 is 10.0 Å². The van der Waals surface area contributed by atoms with Crippen LogP contribution in [0.2, 0.25) is 0 Å². The summed E-state index contributed by atoms with van der Waals surface area (Å²) in [5.41, 5.74) is 6.21. The van der Waals surface area contributed by atoms with Crippen LogP contribution in [-0.4, -0.2) is 13.4 Å². The Kier molecular flexibility index (Phi) is 4.87. The van der Waals surface area contributed by atoms with E-state index in [1.54, 1.807) is 30.5 Å². The maximum atomic E-state index is 12.5. The van der Waals surface area contributed by atoms with Crippen molar-refractivity contribution in [3.05, 3.63) is 46.4 Å². The van der Waals surface area contributed by atoms with Crippen LogP contribution in [0.1, 0.15) is 30.0 Å². The van der Waals surface area contributed by atoms with Crippen molar-refractivity contribution < 1.29 is 8.42 Å². The maximum absolute atomic E-state index is 12.5. The monoisotopic (exact) mass is 311 g/mol. The highest BCUT2D eigenvalue weighted by atomic mass is 32.2. The fraction of sp³-hybridized carbons (Fsp3) is 0.308. The van der Waals surface area contributed by atoms with Crippen molar-refractivity contribution >= 4 is 21.4 Å². The van der Waals surface area contributed by atoms with Gasteiger partial charge in [-0.15, -0.1) is 11.3 Å². The van der Waals surface area contributed by atoms with Gasteiger partial charge in [-0.2, -0.15) is 0 Å². The summed E-state index contributed by atoms with van der Waals surface area (Å²) >= 11 is 1.44. The number of nitrogens with two attached hydrogens (primary N) is 1. The van der Waals surface area contributed by atoms with E-state index in [9.17, 15) is 8.42 Å². The first-order valence-electron chi connectivity index (χ1n) is 6.28. The summed E-state index contributed by atoms with van der Waals surface area (Å²) in [6, 6.07) is 6.45. The number of aromatic nitrogens is 1. The third-order valence-electron chi connectivity index (χ3n) is 2.94. The van der Waals surface area contributed by atoms with Crippen LogP contribution in [0.5, 0.6) is 0 Å². The number of rotatable bonds is 6. The summed E-state index contributed by atoms with van der Waals surface area (Å²) in [6.45, 7) is 2.11. The Hall–Kier alpha value is -1.28. The first-order valence-corrected chi connectivity index (χ1v) is 8.64. The van der Waals surface area contributed by atoms with Crippen molar-refractivity contribution in [2.45, 2.75) is 30.8 Å². The lowest BCUT2D eigenvalue weighted by Crippen LogP contribution is -2.29. The predicted octanol–water partition coefficient (Wildman–Crippen LogP) is 2.03. The molecular formula is C13H17N3O2S2. The second-order valence-corrected chi connectivity index (χ2v) is 6.87. The van der Waals surface area contributed by atoms with Gasteiger partial charge in [-0.3, -0.25) is 0 Å². The number of sulfonamides is 1. The van der Waals surface area contributed by atoms with Gasteiger partial charge >= 0.3 is 0 Å². The highest BCUT2D eigenvalue weighted by Gasteiger charge is 2.23. The largest absolute Gasteiger partial charge is 0.326 e. The molecule has 5 nitrogen and oxygen atoms in total. The van der Waals surface area contributed by atoms with Crippen LogP contribution in [0.4, 0.5) is 0 Å². The number of nitrogens with one attached hydrogen (secondary N) is 1. The van der Waals surface area contributed by atoms with Crippen LogP contribution >= 0.6 is 11.3 Å². The highest BCUT2D eigenvalue weighted by molar-refractivity contribution is 7.89. The lowest BCUT2D eigenvalue weighted by molar-refractivity contribution is 0.548. The Morgan fingerprint density at radius 2 is 2.15 bits per heavy atom. The molecule has 0 amide bonds. The van der Waals surface area contributed by atoms with E-state index in [-0.39, 0.29) is 17.5 Å². The van der Waals surface area contributed by atoms with Gasteiger partial charge < -0.3 is 5.73 Å². The minimum Gasteiger partial charge on any atom is -0.326 e. The highest BCUT2D eigenvalue weighted by Crippen LogP contribution is 2.23. The van der Waals surface area contributed by atoms with Gasteiger partial charge in [0, 0.05) is 18.1 Å². The van der Waals surface area contributed by atoms with Crippen molar-refractivity contribution in [2.24, 2.45) is 5.73 Å². The zero-order chi connectivity index (χ0) is 14.6. The maximum Gasteiger partial charge on any atom is 0.241 e. The van der Waals surface area contributed by atoms with Crippen LogP contribution in [0, 0.1) is 0 Å². The van der Waals surface area contributed by atoms with Crippen molar-refractivity contribution in [3.8, 4) is 0 Å². The second kappa shape index (κ2) is 6.45. The molecule has 0 fully saturated rings. The molecule has 0 spiro atoms. The smallest absolute Gasteiger partial charge is 0.241 e. The normalized spacial score (nSPS) is 13.3. The fourth-order valence-corrected chi connectivity index (χ4v) is 4.28. The molecule has 3 N–H and O–H groups in total. The van der Waals surface area contributed by atoms with E-state index in [1.165, 1.54) is 11.3 Å². The number of benzene rings is 1. The van der Waals surface area contributed by atoms with Crippen LogP contribution in [0.25, 0.3) is 0 Å². The van der Waals surface area contributed by atoms with Gasteiger partial charge in [0.1, 0.15) is 5.01 Å². The molecule has 0 aliphatic heterocycles. The van der Waals surface area contributed by atoms with Crippen molar-refractivity contribution in [1.82, 2.24) is 9.71 Å². The first-order chi connectivity index (χ1) is 9.58. The molecule has 0 saturated carbocycles. The Balaban J connectivity index is 2.31. The minimum absolute atomic E-state index is 0.186. The Morgan fingerprint density at radius 3 is 2.75 bits per heavy atom. The van der Waals surface area contributed by atoms with Gasteiger partial charge in [0.2, 0.25) is 10.0 Å². The summed E-state index contributed by atoms with van der Waals surface area (Å²) in [5, 5.41) is 2.60. The third kappa shape index (κ3) is 3.24. The van der Waals surface area contributed by atoms with E-state index >= 15 is 0 Å². The molecule has 2 aromatic rings. The molecule has 0 radical (unpaired) electrons. The molecule has 1 aromatic carbocycles. The minimum atomic E-state index is -3.60. The molecule has 0 aliphatic carbocycles. The van der Waals surface area contributed by atoms with Gasteiger partial charge in [0.05, 0.1) is 10.9 Å². The number of hydrogen-bond acceptors (Lipinski definition) is 5. The summed E-state index contributed by atoms with van der Waals surface area (Å²) in [7, 11) is -3.60. The molecule has 1 atom stereocenters. The summed E-state index contributed by atoms with van der Waals surface area (Å²) < 4.78 is 27.7. The lowest BCUT2D eigenvalue weighted by atomic mass is 10.2. The summed E-state index contributed by atoms with van der Waals surface area (Å²) in [4.78, 5) is 4.41. The van der Waals surface area contributed by atoms with E-state index in [0.29, 0.717) is 12.0 Å². The average Bonchev–Trinajstić information content (AvgIpc) is 2.98. The molecule has 20 heavy (non-hydrogen) atoms. The van der Waals surface area contributed by atoms with E-state index in [1.807, 2.05) is 12.3 Å². The molecule has 1 aromatic heterocycles. The molecule has 0 saturated heterocycles. The fourth-order valence-electron chi connectivity index (χ4n) is 1.90. The van der Waals surface area contributed by atoms with E-state index in [0.717, 1.165) is 5.01 Å². The molecule has 0 bridgehead atoms. The van der Waals surface area contributed by atoms with E-state index in [4.69, 9.17) is 5.73 Å². The van der Waals surface area contributed by atoms with Gasteiger partial charge in [-0.1, -0.05) is 25.1 Å². The topological polar surface area (TPSA) is 85.1 Å². The molecular weight excluding hydrogens is 294 g/mol. The molecule has 7 heteroatoms. The van der Waals surface area contributed by atoms with E-state index in [2.05, 4.69) is 9.71 Å².